The first-order chi connectivity index (χ1) is 16.7. The van der Waals surface area contributed by atoms with Gasteiger partial charge in [-0.2, -0.15) is 8.61 Å². The predicted molar refractivity (Wildman–Crippen MR) is 136 cm³/mol. The number of benzene rings is 2. The second-order valence-electron chi connectivity index (χ2n) is 8.59. The maximum absolute atomic E-state index is 12.6. The Kier molecular flexibility index (Phi) is 9.46. The Morgan fingerprint density at radius 1 is 0.829 bits per heavy atom. The highest BCUT2D eigenvalue weighted by Crippen LogP contribution is 2.21. The van der Waals surface area contributed by atoms with Crippen molar-refractivity contribution in [2.24, 2.45) is 0 Å². The van der Waals surface area contributed by atoms with Crippen molar-refractivity contribution < 1.29 is 21.6 Å². The molecule has 0 unspecified atom stereocenters. The molecule has 0 atom stereocenters. The van der Waals surface area contributed by atoms with E-state index in [1.165, 1.54) is 8.61 Å². The van der Waals surface area contributed by atoms with Crippen LogP contribution in [0.2, 0.25) is 0 Å². The second-order valence-corrected chi connectivity index (χ2v) is 12.5. The van der Waals surface area contributed by atoms with E-state index in [9.17, 15) is 21.6 Å². The van der Waals surface area contributed by atoms with Crippen LogP contribution in [-0.2, 0) is 37.7 Å². The van der Waals surface area contributed by atoms with Crippen LogP contribution in [0.1, 0.15) is 44.2 Å². The van der Waals surface area contributed by atoms with Gasteiger partial charge in [-0.1, -0.05) is 38.1 Å². The Labute approximate surface area is 209 Å². The van der Waals surface area contributed by atoms with Crippen molar-refractivity contribution in [3.63, 3.8) is 0 Å². The smallest absolute Gasteiger partial charge is 0.243 e. The molecule has 1 aliphatic rings. The number of carbonyl (C=O) groups is 1. The number of aryl methyl sites for hydroxylation is 1. The highest BCUT2D eigenvalue weighted by Gasteiger charge is 2.27. The average Bonchev–Trinajstić information content (AvgIpc) is 3.40. The van der Waals surface area contributed by atoms with Gasteiger partial charge in [0.1, 0.15) is 0 Å². The Morgan fingerprint density at radius 2 is 1.34 bits per heavy atom. The maximum Gasteiger partial charge on any atom is 0.243 e. The zero-order valence-corrected chi connectivity index (χ0v) is 22.1. The van der Waals surface area contributed by atoms with Gasteiger partial charge in [-0.25, -0.2) is 16.8 Å². The van der Waals surface area contributed by atoms with Gasteiger partial charge >= 0.3 is 0 Å². The van der Waals surface area contributed by atoms with E-state index in [0.29, 0.717) is 56.9 Å². The molecule has 8 nitrogen and oxygen atoms in total. The maximum atomic E-state index is 12.6. The lowest BCUT2D eigenvalue weighted by molar-refractivity contribution is -0.121. The molecule has 1 N–H and O–H groups in total. The van der Waals surface area contributed by atoms with Crippen molar-refractivity contribution in [1.82, 2.24) is 13.9 Å². The van der Waals surface area contributed by atoms with E-state index in [4.69, 9.17) is 0 Å². The van der Waals surface area contributed by atoms with Crippen LogP contribution in [-0.4, -0.2) is 64.1 Å². The Balaban J connectivity index is 1.44. The summed E-state index contributed by atoms with van der Waals surface area (Å²) in [6.45, 7) is 6.07. The van der Waals surface area contributed by atoms with Crippen LogP contribution in [0.25, 0.3) is 0 Å². The van der Waals surface area contributed by atoms with Crippen LogP contribution in [0.3, 0.4) is 0 Å². The molecular formula is C25H35N3O5S2. The summed E-state index contributed by atoms with van der Waals surface area (Å²) in [6.07, 6.45) is 3.23. The molecule has 2 aromatic carbocycles. The number of hydrogen-bond acceptors (Lipinski definition) is 5. The minimum Gasteiger partial charge on any atom is -0.356 e. The quantitative estimate of drug-likeness (QED) is 0.463. The molecule has 1 fully saturated rings. The van der Waals surface area contributed by atoms with Crippen LogP contribution in [0, 0.1) is 0 Å². The van der Waals surface area contributed by atoms with Crippen LogP contribution in [0.4, 0.5) is 0 Å². The van der Waals surface area contributed by atoms with E-state index in [1.54, 1.807) is 48.5 Å². The van der Waals surface area contributed by atoms with Gasteiger partial charge in [0.2, 0.25) is 26.0 Å². The topological polar surface area (TPSA) is 104 Å². The van der Waals surface area contributed by atoms with Gasteiger partial charge in [-0.3, -0.25) is 4.79 Å². The van der Waals surface area contributed by atoms with Gasteiger partial charge in [0.05, 0.1) is 9.79 Å². The molecule has 0 aromatic heterocycles. The van der Waals surface area contributed by atoms with E-state index in [2.05, 4.69) is 5.32 Å². The molecule has 35 heavy (non-hydrogen) atoms. The zero-order chi connectivity index (χ0) is 25.5. The molecule has 1 saturated heterocycles. The highest BCUT2D eigenvalue weighted by atomic mass is 32.2. The number of nitrogens with one attached hydrogen (secondary N) is 1. The zero-order valence-electron chi connectivity index (χ0n) is 20.4. The molecule has 1 amide bonds. The molecule has 2 aromatic rings. The molecule has 10 heteroatoms. The molecular weight excluding hydrogens is 486 g/mol. The summed E-state index contributed by atoms with van der Waals surface area (Å²) in [5, 5.41) is 2.89. The third-order valence-corrected chi connectivity index (χ3v) is 10.2. The Morgan fingerprint density at radius 3 is 1.89 bits per heavy atom. The molecule has 0 saturated carbocycles. The van der Waals surface area contributed by atoms with E-state index in [1.807, 2.05) is 13.8 Å². The lowest BCUT2D eigenvalue weighted by atomic mass is 10.1. The highest BCUT2D eigenvalue weighted by molar-refractivity contribution is 7.89. The first-order valence-corrected chi connectivity index (χ1v) is 15.0. The third kappa shape index (κ3) is 6.91. The molecule has 0 aliphatic carbocycles. The van der Waals surface area contributed by atoms with Gasteiger partial charge in [-0.05, 0) is 61.1 Å². The third-order valence-electron chi connectivity index (χ3n) is 6.27. The monoisotopic (exact) mass is 521 g/mol. The second kappa shape index (κ2) is 12.1. The molecule has 0 spiro atoms. The standard InChI is InChI=1S/C25H35N3O5S2/c1-3-27(4-2)34(30,31)23-12-7-21(8-13-23)11-16-25(29)26-18-17-22-9-14-24(15-10-22)35(32,33)28-19-5-6-20-28/h7-10,12-15H,3-6,11,16-20H2,1-2H3,(H,26,29). The minimum atomic E-state index is -3.48. The van der Waals surface area contributed by atoms with Gasteiger partial charge in [-0.15, -0.1) is 0 Å². The van der Waals surface area contributed by atoms with Gasteiger partial charge < -0.3 is 5.32 Å². The van der Waals surface area contributed by atoms with Crippen LogP contribution in [0.15, 0.2) is 58.3 Å². The fourth-order valence-corrected chi connectivity index (χ4v) is 7.11. The summed E-state index contributed by atoms with van der Waals surface area (Å²) in [6, 6.07) is 13.5. The molecule has 1 heterocycles. The van der Waals surface area contributed by atoms with Crippen molar-refractivity contribution in [2.45, 2.75) is 55.7 Å². The van der Waals surface area contributed by atoms with Crippen molar-refractivity contribution >= 4 is 26.0 Å². The van der Waals surface area contributed by atoms with E-state index >= 15 is 0 Å². The molecule has 1 aliphatic heterocycles. The van der Waals surface area contributed by atoms with Crippen molar-refractivity contribution in [1.29, 1.82) is 0 Å². The number of rotatable bonds is 12. The summed E-state index contributed by atoms with van der Waals surface area (Å²) < 4.78 is 53.3. The van der Waals surface area contributed by atoms with Crippen molar-refractivity contribution in [3.8, 4) is 0 Å². The fourth-order valence-electron chi connectivity index (χ4n) is 4.14. The number of sulfonamides is 2. The van der Waals surface area contributed by atoms with Crippen LogP contribution >= 0.6 is 0 Å². The van der Waals surface area contributed by atoms with Crippen molar-refractivity contribution in [2.75, 3.05) is 32.7 Å². The van der Waals surface area contributed by atoms with Crippen molar-refractivity contribution in [3.05, 3.63) is 59.7 Å². The Bertz CT molecular complexity index is 1180. The lowest BCUT2D eigenvalue weighted by Gasteiger charge is -2.18. The Hall–Kier alpha value is -2.27. The average molecular weight is 522 g/mol. The van der Waals surface area contributed by atoms with Gasteiger partial charge in [0.25, 0.3) is 0 Å². The summed E-state index contributed by atoms with van der Waals surface area (Å²) in [4.78, 5) is 12.8. The summed E-state index contributed by atoms with van der Waals surface area (Å²) in [7, 11) is -6.90. The normalized spacial score (nSPS) is 14.9. The summed E-state index contributed by atoms with van der Waals surface area (Å²) in [5.41, 5.74) is 1.85. The molecule has 192 valence electrons. The lowest BCUT2D eigenvalue weighted by Crippen LogP contribution is -2.30. The minimum absolute atomic E-state index is 0.0851. The summed E-state index contributed by atoms with van der Waals surface area (Å²) in [5.74, 6) is -0.0851. The van der Waals surface area contributed by atoms with Gasteiger partial charge in [0, 0.05) is 39.1 Å². The number of hydrogen-bond donors (Lipinski definition) is 1. The largest absolute Gasteiger partial charge is 0.356 e. The van der Waals surface area contributed by atoms with Crippen LogP contribution < -0.4 is 5.32 Å². The predicted octanol–water partition coefficient (Wildman–Crippen LogP) is 2.79. The van der Waals surface area contributed by atoms with E-state index in [-0.39, 0.29) is 10.8 Å². The first-order valence-electron chi connectivity index (χ1n) is 12.1. The van der Waals surface area contributed by atoms with Crippen LogP contribution in [0.5, 0.6) is 0 Å². The summed E-state index contributed by atoms with van der Waals surface area (Å²) >= 11 is 0. The molecule has 0 radical (unpaired) electrons. The van der Waals surface area contributed by atoms with E-state index in [0.717, 1.165) is 24.0 Å². The van der Waals surface area contributed by atoms with E-state index < -0.39 is 20.0 Å². The van der Waals surface area contributed by atoms with Gasteiger partial charge in [0.15, 0.2) is 0 Å². The number of nitrogens with zero attached hydrogens (tertiary/aromatic N) is 2. The number of amides is 1. The first kappa shape index (κ1) is 27.3. The molecule has 0 bridgehead atoms. The number of carbonyl (C=O) groups excluding carboxylic acids is 1. The fraction of sp³-hybridized carbons (Fsp3) is 0.480. The molecule has 3 rings (SSSR count). The SMILES string of the molecule is CCN(CC)S(=O)(=O)c1ccc(CCC(=O)NCCc2ccc(S(=O)(=O)N3CCCC3)cc2)cc1.